The van der Waals surface area contributed by atoms with Crippen LogP contribution >= 0.6 is 0 Å². The minimum Gasteiger partial charge on any atom is -0.311 e. The van der Waals surface area contributed by atoms with Crippen molar-refractivity contribution in [2.24, 2.45) is 17.8 Å². The first-order valence-corrected chi connectivity index (χ1v) is 8.57. The molecule has 1 N–H and O–H groups in total. The summed E-state index contributed by atoms with van der Waals surface area (Å²) < 4.78 is 0. The third-order valence-corrected chi connectivity index (χ3v) is 5.73. The summed E-state index contributed by atoms with van der Waals surface area (Å²) in [7, 11) is 0. The summed E-state index contributed by atoms with van der Waals surface area (Å²) in [6, 6.07) is 1.71. The number of rotatable bonds is 3. The molecule has 0 aromatic carbocycles. The van der Waals surface area contributed by atoms with Gasteiger partial charge in [-0.2, -0.15) is 0 Å². The lowest BCUT2D eigenvalue weighted by Crippen LogP contribution is -2.41. The van der Waals surface area contributed by atoms with Crippen LogP contribution in [0.15, 0.2) is 0 Å². The Hall–Kier alpha value is -0.0400. The highest BCUT2D eigenvalue weighted by Gasteiger charge is 2.35. The Morgan fingerprint density at radius 2 is 1.44 bits per heavy atom. The summed E-state index contributed by atoms with van der Waals surface area (Å²) in [5.41, 5.74) is 0. The SMILES string of the molecule is CC1CCCC(NC2CCCC(C3CC3)C2)CC1. The van der Waals surface area contributed by atoms with Crippen LogP contribution in [0.3, 0.4) is 0 Å². The molecule has 0 aliphatic heterocycles. The largest absolute Gasteiger partial charge is 0.311 e. The van der Waals surface area contributed by atoms with E-state index in [1.54, 1.807) is 12.8 Å². The van der Waals surface area contributed by atoms with Crippen molar-refractivity contribution in [3.05, 3.63) is 0 Å². The minimum absolute atomic E-state index is 0.845. The van der Waals surface area contributed by atoms with Crippen LogP contribution in [0.1, 0.15) is 77.6 Å². The van der Waals surface area contributed by atoms with Gasteiger partial charge >= 0.3 is 0 Å². The van der Waals surface area contributed by atoms with Gasteiger partial charge in [0.15, 0.2) is 0 Å². The van der Waals surface area contributed by atoms with Crippen LogP contribution in [-0.4, -0.2) is 12.1 Å². The molecule has 1 nitrogen and oxygen atoms in total. The molecular weight excluding hydrogens is 218 g/mol. The van der Waals surface area contributed by atoms with Crippen LogP contribution in [0.2, 0.25) is 0 Å². The quantitative estimate of drug-likeness (QED) is 0.725. The average Bonchev–Trinajstić information content (AvgIpc) is 3.19. The summed E-state index contributed by atoms with van der Waals surface area (Å²) >= 11 is 0. The molecule has 1 heteroatoms. The smallest absolute Gasteiger partial charge is 0.00723 e. The van der Waals surface area contributed by atoms with E-state index in [-0.39, 0.29) is 0 Å². The predicted molar refractivity (Wildman–Crippen MR) is 77.6 cm³/mol. The second-order valence-electron chi connectivity index (χ2n) is 7.44. The lowest BCUT2D eigenvalue weighted by Gasteiger charge is -2.33. The van der Waals surface area contributed by atoms with E-state index in [0.29, 0.717) is 0 Å². The summed E-state index contributed by atoms with van der Waals surface area (Å²) in [4.78, 5) is 0. The van der Waals surface area contributed by atoms with Gasteiger partial charge in [-0.25, -0.2) is 0 Å². The molecule has 0 heterocycles. The minimum atomic E-state index is 0.845. The van der Waals surface area contributed by atoms with Gasteiger partial charge in [-0.05, 0) is 62.7 Å². The van der Waals surface area contributed by atoms with Crippen LogP contribution < -0.4 is 5.32 Å². The van der Waals surface area contributed by atoms with Crippen LogP contribution in [0.25, 0.3) is 0 Å². The third kappa shape index (κ3) is 3.50. The number of hydrogen-bond donors (Lipinski definition) is 1. The van der Waals surface area contributed by atoms with E-state index in [0.717, 1.165) is 29.8 Å². The molecule has 0 radical (unpaired) electrons. The van der Waals surface area contributed by atoms with E-state index in [9.17, 15) is 0 Å². The molecule has 0 spiro atoms. The van der Waals surface area contributed by atoms with Crippen molar-refractivity contribution in [1.29, 1.82) is 0 Å². The van der Waals surface area contributed by atoms with Crippen molar-refractivity contribution >= 4 is 0 Å². The molecule has 0 amide bonds. The Morgan fingerprint density at radius 1 is 0.667 bits per heavy atom. The van der Waals surface area contributed by atoms with Crippen molar-refractivity contribution in [1.82, 2.24) is 5.32 Å². The molecule has 0 bridgehead atoms. The maximum absolute atomic E-state index is 4.03. The topological polar surface area (TPSA) is 12.0 Å². The monoisotopic (exact) mass is 249 g/mol. The molecule has 18 heavy (non-hydrogen) atoms. The Labute approximate surface area is 113 Å². The van der Waals surface area contributed by atoms with Crippen molar-refractivity contribution in [3.63, 3.8) is 0 Å². The summed E-state index contributed by atoms with van der Waals surface area (Å²) in [5, 5.41) is 4.03. The van der Waals surface area contributed by atoms with Gasteiger partial charge in [0, 0.05) is 12.1 Å². The standard InChI is InChI=1S/C17H31N/c1-13-4-2-6-16(11-8-13)18-17-7-3-5-15(12-17)14-9-10-14/h13-18H,2-12H2,1H3. The normalized spacial score (nSPS) is 42.5. The van der Waals surface area contributed by atoms with E-state index >= 15 is 0 Å². The molecule has 3 aliphatic carbocycles. The van der Waals surface area contributed by atoms with Crippen LogP contribution in [0.4, 0.5) is 0 Å². The molecule has 3 aliphatic rings. The highest BCUT2D eigenvalue weighted by Crippen LogP contribution is 2.44. The number of nitrogens with one attached hydrogen (secondary N) is 1. The molecule has 3 fully saturated rings. The van der Waals surface area contributed by atoms with Crippen LogP contribution in [-0.2, 0) is 0 Å². The second kappa shape index (κ2) is 5.94. The van der Waals surface area contributed by atoms with Gasteiger partial charge in [-0.1, -0.05) is 32.6 Å². The zero-order valence-electron chi connectivity index (χ0n) is 12.2. The maximum Gasteiger partial charge on any atom is 0.00723 e. The van der Waals surface area contributed by atoms with Gasteiger partial charge in [0.25, 0.3) is 0 Å². The first-order valence-electron chi connectivity index (χ1n) is 8.57. The maximum atomic E-state index is 4.03. The van der Waals surface area contributed by atoms with E-state index in [1.165, 1.54) is 57.8 Å². The number of hydrogen-bond acceptors (Lipinski definition) is 1. The second-order valence-corrected chi connectivity index (χ2v) is 7.44. The molecule has 0 aromatic heterocycles. The Kier molecular flexibility index (Phi) is 4.28. The fraction of sp³-hybridized carbons (Fsp3) is 1.00. The predicted octanol–water partition coefficient (Wildman–Crippen LogP) is 4.51. The molecule has 4 atom stereocenters. The van der Waals surface area contributed by atoms with Gasteiger partial charge in [0.05, 0.1) is 0 Å². The van der Waals surface area contributed by atoms with Gasteiger partial charge in [-0.15, -0.1) is 0 Å². The third-order valence-electron chi connectivity index (χ3n) is 5.73. The lowest BCUT2D eigenvalue weighted by atomic mass is 9.82. The lowest BCUT2D eigenvalue weighted by molar-refractivity contribution is 0.239. The van der Waals surface area contributed by atoms with E-state index in [1.807, 2.05) is 0 Å². The van der Waals surface area contributed by atoms with Gasteiger partial charge in [0.2, 0.25) is 0 Å². The van der Waals surface area contributed by atoms with Gasteiger partial charge < -0.3 is 5.32 Å². The molecule has 0 aromatic rings. The highest BCUT2D eigenvalue weighted by atomic mass is 15.0. The van der Waals surface area contributed by atoms with E-state index in [4.69, 9.17) is 0 Å². The van der Waals surface area contributed by atoms with Crippen molar-refractivity contribution in [3.8, 4) is 0 Å². The molecule has 3 rings (SSSR count). The zero-order valence-corrected chi connectivity index (χ0v) is 12.2. The average molecular weight is 249 g/mol. The van der Waals surface area contributed by atoms with Crippen molar-refractivity contribution in [2.75, 3.05) is 0 Å². The molecule has 0 saturated heterocycles. The van der Waals surface area contributed by atoms with Crippen LogP contribution in [0.5, 0.6) is 0 Å². The Balaban J connectivity index is 1.46. The first-order chi connectivity index (χ1) is 8.81. The molecule has 104 valence electrons. The van der Waals surface area contributed by atoms with E-state index < -0.39 is 0 Å². The van der Waals surface area contributed by atoms with Crippen molar-refractivity contribution < 1.29 is 0 Å². The molecule has 4 unspecified atom stereocenters. The Bertz CT molecular complexity index is 258. The summed E-state index contributed by atoms with van der Waals surface area (Å²) in [5.74, 6) is 3.19. The fourth-order valence-corrected chi connectivity index (χ4v) is 4.36. The van der Waals surface area contributed by atoms with E-state index in [2.05, 4.69) is 12.2 Å². The fourth-order valence-electron chi connectivity index (χ4n) is 4.36. The van der Waals surface area contributed by atoms with Gasteiger partial charge in [-0.3, -0.25) is 0 Å². The summed E-state index contributed by atoms with van der Waals surface area (Å²) in [6.07, 6.45) is 16.3. The molecular formula is C17H31N. The van der Waals surface area contributed by atoms with Gasteiger partial charge in [0.1, 0.15) is 0 Å². The molecule has 3 saturated carbocycles. The first kappa shape index (κ1) is 13.0. The highest BCUT2D eigenvalue weighted by molar-refractivity contribution is 4.89. The zero-order chi connectivity index (χ0) is 12.4. The Morgan fingerprint density at radius 3 is 2.28 bits per heavy atom. The summed E-state index contributed by atoms with van der Waals surface area (Å²) in [6.45, 7) is 2.44. The van der Waals surface area contributed by atoms with Crippen molar-refractivity contribution in [2.45, 2.75) is 89.6 Å². The van der Waals surface area contributed by atoms with Crippen LogP contribution in [0, 0.1) is 17.8 Å².